The number of carbonyl (C=O) groups is 1. The van der Waals surface area contributed by atoms with E-state index in [4.69, 9.17) is 0 Å². The Kier molecular flexibility index (Phi) is 5.41. The van der Waals surface area contributed by atoms with Crippen molar-refractivity contribution in [3.05, 3.63) is 52.7 Å². The van der Waals surface area contributed by atoms with E-state index in [9.17, 15) is 18.0 Å². The monoisotopic (exact) mass is 471 g/mol. The first-order valence-corrected chi connectivity index (χ1v) is 12.7. The van der Waals surface area contributed by atoms with E-state index in [0.29, 0.717) is 55.9 Å². The summed E-state index contributed by atoms with van der Waals surface area (Å²) >= 11 is 0. The van der Waals surface area contributed by atoms with Gasteiger partial charge in [0, 0.05) is 32.2 Å². The van der Waals surface area contributed by atoms with E-state index in [1.165, 1.54) is 16.8 Å². The second-order valence-electron chi connectivity index (χ2n) is 8.57. The van der Waals surface area contributed by atoms with Gasteiger partial charge in [-0.1, -0.05) is 18.2 Å². The van der Waals surface area contributed by atoms with E-state index in [-0.39, 0.29) is 23.6 Å². The van der Waals surface area contributed by atoms with Crippen LogP contribution >= 0.6 is 0 Å². The first kappa shape index (κ1) is 21.6. The fourth-order valence-corrected chi connectivity index (χ4v) is 5.18. The maximum absolute atomic E-state index is 12.6. The molecule has 1 aromatic carbocycles. The van der Waals surface area contributed by atoms with E-state index in [1.54, 1.807) is 9.58 Å². The standard InChI is InChI=1S/C21H25N7O4S/c1-33(31,32)27-9-7-15(8-10-27)23-21(30)26-12-14(13-26)18-24-19-17(20(29)25-18)11-22-28(19)16-5-3-2-4-6-16/h2-6,11,14-15H,7-10,12-13H2,1H3,(H,23,30)(H,24,25,29). The zero-order chi connectivity index (χ0) is 23.2. The molecule has 0 aliphatic carbocycles. The highest BCUT2D eigenvalue weighted by molar-refractivity contribution is 7.88. The van der Waals surface area contributed by atoms with Crippen LogP contribution in [-0.4, -0.2) is 81.9 Å². The van der Waals surface area contributed by atoms with Crippen LogP contribution in [0.4, 0.5) is 4.79 Å². The fraction of sp³-hybridized carbons (Fsp3) is 0.429. The van der Waals surface area contributed by atoms with Gasteiger partial charge in [-0.25, -0.2) is 27.2 Å². The molecule has 0 radical (unpaired) electrons. The smallest absolute Gasteiger partial charge is 0.317 e. The largest absolute Gasteiger partial charge is 0.335 e. The molecule has 12 heteroatoms. The molecule has 3 aromatic rings. The van der Waals surface area contributed by atoms with Crippen molar-refractivity contribution in [2.75, 3.05) is 32.4 Å². The van der Waals surface area contributed by atoms with Gasteiger partial charge in [0.15, 0.2) is 5.65 Å². The topological polar surface area (TPSA) is 133 Å². The highest BCUT2D eigenvalue weighted by Crippen LogP contribution is 2.25. The SMILES string of the molecule is CS(=O)(=O)N1CCC(NC(=O)N2CC(c3nc4c(cnn4-c4ccccc4)c(=O)[nH]3)C2)CC1. The number of carbonyl (C=O) groups excluding carboxylic acids is 1. The lowest BCUT2D eigenvalue weighted by atomic mass is 9.99. The number of aromatic nitrogens is 4. The third kappa shape index (κ3) is 4.23. The number of hydrogen-bond acceptors (Lipinski definition) is 6. The zero-order valence-corrected chi connectivity index (χ0v) is 19.0. The van der Waals surface area contributed by atoms with Gasteiger partial charge in [-0.15, -0.1) is 0 Å². The van der Waals surface area contributed by atoms with Crippen LogP contribution in [0.1, 0.15) is 24.6 Å². The maximum atomic E-state index is 12.6. The molecule has 0 atom stereocenters. The molecule has 2 aliphatic rings. The molecule has 2 saturated heterocycles. The molecular formula is C21H25N7O4S. The summed E-state index contributed by atoms with van der Waals surface area (Å²) in [5, 5.41) is 7.72. The second-order valence-corrected chi connectivity index (χ2v) is 10.6. The Morgan fingerprint density at radius 2 is 1.85 bits per heavy atom. The van der Waals surface area contributed by atoms with Gasteiger partial charge in [0.1, 0.15) is 11.2 Å². The molecule has 33 heavy (non-hydrogen) atoms. The molecule has 2 aliphatic heterocycles. The molecule has 2 aromatic heterocycles. The molecule has 2 N–H and O–H groups in total. The van der Waals surface area contributed by atoms with Crippen molar-refractivity contribution in [3.8, 4) is 5.69 Å². The van der Waals surface area contributed by atoms with Crippen LogP contribution in [-0.2, 0) is 10.0 Å². The van der Waals surface area contributed by atoms with Crippen LogP contribution in [0.5, 0.6) is 0 Å². The van der Waals surface area contributed by atoms with Crippen molar-refractivity contribution >= 4 is 27.1 Å². The second kappa shape index (κ2) is 8.27. The predicted molar refractivity (Wildman–Crippen MR) is 122 cm³/mol. The summed E-state index contributed by atoms with van der Waals surface area (Å²) in [6, 6.07) is 9.25. The predicted octanol–water partition coefficient (Wildman–Crippen LogP) is 0.642. The number of likely N-dealkylation sites (tertiary alicyclic amines) is 1. The number of sulfonamides is 1. The number of rotatable bonds is 4. The van der Waals surface area contributed by atoms with Gasteiger partial charge in [0.2, 0.25) is 10.0 Å². The van der Waals surface area contributed by atoms with Crippen LogP contribution in [0.25, 0.3) is 16.7 Å². The average molecular weight is 472 g/mol. The third-order valence-electron chi connectivity index (χ3n) is 6.26. The van der Waals surface area contributed by atoms with Crippen molar-refractivity contribution in [3.63, 3.8) is 0 Å². The Bertz CT molecular complexity index is 1340. The molecule has 5 rings (SSSR count). The van der Waals surface area contributed by atoms with Crippen molar-refractivity contribution in [1.82, 2.24) is 34.3 Å². The lowest BCUT2D eigenvalue weighted by Crippen LogP contribution is -2.56. The number of nitrogens with zero attached hydrogens (tertiary/aromatic N) is 5. The first-order chi connectivity index (χ1) is 15.8. The Balaban J connectivity index is 1.23. The van der Waals surface area contributed by atoms with E-state index in [2.05, 4.69) is 20.4 Å². The minimum atomic E-state index is -3.19. The van der Waals surface area contributed by atoms with Gasteiger partial charge >= 0.3 is 6.03 Å². The Morgan fingerprint density at radius 1 is 1.15 bits per heavy atom. The third-order valence-corrected chi connectivity index (χ3v) is 7.57. The average Bonchev–Trinajstić information content (AvgIpc) is 3.18. The van der Waals surface area contributed by atoms with Gasteiger partial charge < -0.3 is 15.2 Å². The van der Waals surface area contributed by atoms with E-state index in [0.717, 1.165) is 5.69 Å². The molecule has 0 bridgehead atoms. The minimum Gasteiger partial charge on any atom is -0.335 e. The number of H-pyrrole nitrogens is 1. The molecule has 174 valence electrons. The summed E-state index contributed by atoms with van der Waals surface area (Å²) in [4.78, 5) is 34.3. The van der Waals surface area contributed by atoms with Gasteiger partial charge in [-0.3, -0.25) is 4.79 Å². The summed E-state index contributed by atoms with van der Waals surface area (Å²) in [5.74, 6) is 0.467. The van der Waals surface area contributed by atoms with E-state index >= 15 is 0 Å². The summed E-state index contributed by atoms with van der Waals surface area (Å²) in [6.07, 6.45) is 3.89. The molecule has 0 spiro atoms. The number of fused-ring (bicyclic) bond motifs is 1. The Hall–Kier alpha value is -3.25. The van der Waals surface area contributed by atoms with Gasteiger partial charge in [0.05, 0.1) is 24.1 Å². The van der Waals surface area contributed by atoms with Crippen LogP contribution in [0, 0.1) is 0 Å². The van der Waals surface area contributed by atoms with Gasteiger partial charge in [-0.05, 0) is 25.0 Å². The first-order valence-electron chi connectivity index (χ1n) is 10.8. The van der Waals surface area contributed by atoms with E-state index in [1.807, 2.05) is 30.3 Å². The van der Waals surface area contributed by atoms with Crippen molar-refractivity contribution in [1.29, 1.82) is 0 Å². The van der Waals surface area contributed by atoms with Crippen molar-refractivity contribution in [2.45, 2.75) is 24.8 Å². The normalized spacial score (nSPS) is 18.4. The highest BCUT2D eigenvalue weighted by atomic mass is 32.2. The van der Waals surface area contributed by atoms with Crippen LogP contribution < -0.4 is 10.9 Å². The lowest BCUT2D eigenvalue weighted by Gasteiger charge is -2.40. The number of amides is 2. The Labute approximate surface area is 190 Å². The minimum absolute atomic E-state index is 0.0518. The number of nitrogens with one attached hydrogen (secondary N) is 2. The number of urea groups is 1. The Morgan fingerprint density at radius 3 is 2.52 bits per heavy atom. The fourth-order valence-electron chi connectivity index (χ4n) is 4.30. The van der Waals surface area contributed by atoms with Gasteiger partial charge in [-0.2, -0.15) is 5.10 Å². The number of benzene rings is 1. The number of aromatic amines is 1. The zero-order valence-electron chi connectivity index (χ0n) is 18.1. The summed E-state index contributed by atoms with van der Waals surface area (Å²) < 4.78 is 26.3. The lowest BCUT2D eigenvalue weighted by molar-refractivity contribution is 0.141. The summed E-state index contributed by atoms with van der Waals surface area (Å²) in [6.45, 7) is 1.71. The molecule has 0 saturated carbocycles. The van der Waals surface area contributed by atoms with E-state index < -0.39 is 10.0 Å². The van der Waals surface area contributed by atoms with Crippen molar-refractivity contribution in [2.24, 2.45) is 0 Å². The van der Waals surface area contributed by atoms with Crippen LogP contribution in [0.15, 0.2) is 41.3 Å². The molecule has 2 fully saturated rings. The molecule has 11 nitrogen and oxygen atoms in total. The molecule has 4 heterocycles. The maximum Gasteiger partial charge on any atom is 0.317 e. The van der Waals surface area contributed by atoms with Crippen molar-refractivity contribution < 1.29 is 13.2 Å². The molecular weight excluding hydrogens is 446 g/mol. The molecule has 0 unspecified atom stereocenters. The highest BCUT2D eigenvalue weighted by Gasteiger charge is 2.35. The summed E-state index contributed by atoms with van der Waals surface area (Å²) in [7, 11) is -3.19. The molecule has 2 amide bonds. The van der Waals surface area contributed by atoms with Crippen LogP contribution in [0.2, 0.25) is 0 Å². The summed E-state index contributed by atoms with van der Waals surface area (Å²) in [5.41, 5.74) is 1.05. The number of piperidine rings is 1. The van der Waals surface area contributed by atoms with Gasteiger partial charge in [0.25, 0.3) is 5.56 Å². The number of hydrogen-bond donors (Lipinski definition) is 2. The number of para-hydroxylation sites is 1. The quantitative estimate of drug-likeness (QED) is 0.574. The van der Waals surface area contributed by atoms with Crippen LogP contribution in [0.3, 0.4) is 0 Å².